The van der Waals surface area contributed by atoms with Crippen molar-refractivity contribution in [1.29, 1.82) is 0 Å². The van der Waals surface area contributed by atoms with E-state index >= 15 is 0 Å². The summed E-state index contributed by atoms with van der Waals surface area (Å²) in [6.07, 6.45) is 0. The van der Waals surface area contributed by atoms with Crippen molar-refractivity contribution in [3.63, 3.8) is 0 Å². The Balaban J connectivity index is 1.92. The van der Waals surface area contributed by atoms with E-state index in [1.165, 1.54) is 5.56 Å². The Labute approximate surface area is 93.0 Å². The van der Waals surface area contributed by atoms with Gasteiger partial charge in [-0.3, -0.25) is 0 Å². The maximum atomic E-state index is 5.33. The van der Waals surface area contributed by atoms with Crippen LogP contribution in [-0.2, 0) is 11.3 Å². The van der Waals surface area contributed by atoms with E-state index in [1.54, 1.807) is 4.90 Å². The molecule has 0 unspecified atom stereocenters. The fourth-order valence-electron chi connectivity index (χ4n) is 1.73. The van der Waals surface area contributed by atoms with Crippen LogP contribution in [0.1, 0.15) is 5.56 Å². The van der Waals surface area contributed by atoms with E-state index in [0.29, 0.717) is 0 Å². The largest absolute Gasteiger partial charge is 0.370 e. The molecule has 1 aliphatic heterocycles. The van der Waals surface area contributed by atoms with Gasteiger partial charge in [0.05, 0.1) is 13.2 Å². The van der Waals surface area contributed by atoms with Crippen molar-refractivity contribution in [2.75, 3.05) is 26.3 Å². The van der Waals surface area contributed by atoms with Crippen LogP contribution in [0, 0.1) is 0 Å². The van der Waals surface area contributed by atoms with Crippen molar-refractivity contribution in [2.24, 2.45) is 0 Å². The summed E-state index contributed by atoms with van der Waals surface area (Å²) in [7, 11) is 0. The molecule has 0 amide bonds. The number of morpholine rings is 1. The van der Waals surface area contributed by atoms with Gasteiger partial charge in [0.2, 0.25) is 0 Å². The molecule has 1 aromatic carbocycles. The van der Waals surface area contributed by atoms with Gasteiger partial charge in [-0.15, -0.1) is 0 Å². The lowest BCUT2D eigenvalue weighted by Gasteiger charge is -2.23. The molecule has 0 aromatic heterocycles. The first-order valence-corrected chi connectivity index (χ1v) is 5.79. The SMILES string of the molecule is Brc1ccc(C[NH+]2CCOCC2)cc1. The van der Waals surface area contributed by atoms with Crippen LogP contribution in [0.3, 0.4) is 0 Å². The molecule has 0 atom stereocenters. The highest BCUT2D eigenvalue weighted by molar-refractivity contribution is 9.10. The summed E-state index contributed by atoms with van der Waals surface area (Å²) in [5.74, 6) is 0. The number of hydrogen-bond donors (Lipinski definition) is 1. The van der Waals surface area contributed by atoms with Gasteiger partial charge >= 0.3 is 0 Å². The zero-order valence-corrected chi connectivity index (χ0v) is 9.72. The summed E-state index contributed by atoms with van der Waals surface area (Å²) in [6.45, 7) is 5.21. The van der Waals surface area contributed by atoms with Gasteiger partial charge in [-0.1, -0.05) is 28.1 Å². The fourth-order valence-corrected chi connectivity index (χ4v) is 1.99. The predicted molar refractivity (Wildman–Crippen MR) is 59.4 cm³/mol. The van der Waals surface area contributed by atoms with Crippen LogP contribution < -0.4 is 4.90 Å². The van der Waals surface area contributed by atoms with Crippen molar-refractivity contribution < 1.29 is 9.64 Å². The smallest absolute Gasteiger partial charge is 0.103 e. The lowest BCUT2D eigenvalue weighted by molar-refractivity contribution is -0.921. The van der Waals surface area contributed by atoms with Crippen molar-refractivity contribution in [3.8, 4) is 0 Å². The van der Waals surface area contributed by atoms with E-state index in [2.05, 4.69) is 40.2 Å². The molecule has 0 saturated carbocycles. The monoisotopic (exact) mass is 256 g/mol. The third-order valence-electron chi connectivity index (χ3n) is 2.57. The highest BCUT2D eigenvalue weighted by Gasteiger charge is 2.13. The van der Waals surface area contributed by atoms with Crippen LogP contribution in [0.25, 0.3) is 0 Å². The van der Waals surface area contributed by atoms with E-state index in [1.807, 2.05) is 0 Å². The van der Waals surface area contributed by atoms with Gasteiger partial charge in [-0.2, -0.15) is 0 Å². The van der Waals surface area contributed by atoms with Crippen LogP contribution in [0.15, 0.2) is 28.7 Å². The standard InChI is InChI=1S/C11H14BrNO/c12-11-3-1-10(2-4-11)9-13-5-7-14-8-6-13/h1-4H,5-9H2/p+1. The first kappa shape index (κ1) is 10.1. The van der Waals surface area contributed by atoms with Crippen LogP contribution in [0.4, 0.5) is 0 Å². The normalized spacial score (nSPS) is 18.4. The molecule has 76 valence electrons. The second kappa shape index (κ2) is 4.91. The molecule has 1 saturated heterocycles. The molecule has 0 spiro atoms. The maximum Gasteiger partial charge on any atom is 0.103 e. The predicted octanol–water partition coefficient (Wildman–Crippen LogP) is 0.864. The summed E-state index contributed by atoms with van der Waals surface area (Å²) in [5, 5.41) is 0. The van der Waals surface area contributed by atoms with Crippen molar-refractivity contribution in [3.05, 3.63) is 34.3 Å². The molecule has 1 aromatic rings. The minimum absolute atomic E-state index is 0.909. The third-order valence-corrected chi connectivity index (χ3v) is 3.10. The lowest BCUT2D eigenvalue weighted by atomic mass is 10.2. The summed E-state index contributed by atoms with van der Waals surface area (Å²) in [6, 6.07) is 8.59. The summed E-state index contributed by atoms with van der Waals surface area (Å²) in [4.78, 5) is 1.62. The lowest BCUT2D eigenvalue weighted by Crippen LogP contribution is -3.12. The van der Waals surface area contributed by atoms with E-state index in [-0.39, 0.29) is 0 Å². The molecule has 1 heterocycles. The zero-order chi connectivity index (χ0) is 9.80. The Kier molecular flexibility index (Phi) is 3.56. The highest BCUT2D eigenvalue weighted by atomic mass is 79.9. The maximum absolute atomic E-state index is 5.33. The summed E-state index contributed by atoms with van der Waals surface area (Å²) < 4.78 is 6.48. The second-order valence-electron chi connectivity index (χ2n) is 3.67. The van der Waals surface area contributed by atoms with Crippen LogP contribution in [-0.4, -0.2) is 26.3 Å². The zero-order valence-electron chi connectivity index (χ0n) is 8.13. The number of rotatable bonds is 2. The molecule has 0 aliphatic carbocycles. The fraction of sp³-hybridized carbons (Fsp3) is 0.455. The minimum Gasteiger partial charge on any atom is -0.370 e. The molecule has 3 heteroatoms. The van der Waals surface area contributed by atoms with Gasteiger partial charge < -0.3 is 9.64 Å². The van der Waals surface area contributed by atoms with E-state index < -0.39 is 0 Å². The molecular weight excluding hydrogens is 242 g/mol. The Morgan fingerprint density at radius 2 is 1.79 bits per heavy atom. The molecule has 1 N–H and O–H groups in total. The van der Waals surface area contributed by atoms with Crippen LogP contribution >= 0.6 is 15.9 Å². The van der Waals surface area contributed by atoms with Gasteiger partial charge in [0.1, 0.15) is 19.6 Å². The quantitative estimate of drug-likeness (QED) is 0.829. The van der Waals surface area contributed by atoms with E-state index in [0.717, 1.165) is 37.3 Å². The average Bonchev–Trinajstić information content (AvgIpc) is 2.23. The summed E-state index contributed by atoms with van der Waals surface area (Å²) in [5.41, 5.74) is 1.41. The van der Waals surface area contributed by atoms with Crippen LogP contribution in [0.5, 0.6) is 0 Å². The molecular formula is C11H15BrNO+. The Bertz CT molecular complexity index is 280. The van der Waals surface area contributed by atoms with Crippen molar-refractivity contribution in [2.45, 2.75) is 6.54 Å². The highest BCUT2D eigenvalue weighted by Crippen LogP contribution is 2.09. The first-order chi connectivity index (χ1) is 6.84. The van der Waals surface area contributed by atoms with Crippen LogP contribution in [0.2, 0.25) is 0 Å². The van der Waals surface area contributed by atoms with Crippen molar-refractivity contribution in [1.82, 2.24) is 0 Å². The number of hydrogen-bond acceptors (Lipinski definition) is 1. The topological polar surface area (TPSA) is 13.7 Å². The Hall–Kier alpha value is -0.380. The van der Waals surface area contributed by atoms with Gasteiger partial charge in [-0.25, -0.2) is 0 Å². The third kappa shape index (κ3) is 2.80. The second-order valence-corrected chi connectivity index (χ2v) is 4.58. The van der Waals surface area contributed by atoms with Crippen molar-refractivity contribution >= 4 is 15.9 Å². The number of nitrogens with one attached hydrogen (secondary N) is 1. The van der Waals surface area contributed by atoms with Gasteiger partial charge in [0.15, 0.2) is 0 Å². The molecule has 1 fully saturated rings. The number of benzene rings is 1. The first-order valence-electron chi connectivity index (χ1n) is 5.00. The molecule has 0 bridgehead atoms. The van der Waals surface area contributed by atoms with Gasteiger partial charge in [0, 0.05) is 10.0 Å². The van der Waals surface area contributed by atoms with Gasteiger partial charge in [0.25, 0.3) is 0 Å². The number of quaternary nitrogens is 1. The molecule has 2 nitrogen and oxygen atoms in total. The molecule has 14 heavy (non-hydrogen) atoms. The molecule has 2 rings (SSSR count). The average molecular weight is 257 g/mol. The van der Waals surface area contributed by atoms with Gasteiger partial charge in [-0.05, 0) is 12.1 Å². The summed E-state index contributed by atoms with van der Waals surface area (Å²) >= 11 is 3.44. The molecule has 1 aliphatic rings. The minimum atomic E-state index is 0.909. The number of ether oxygens (including phenoxy) is 1. The van der Waals surface area contributed by atoms with E-state index in [4.69, 9.17) is 4.74 Å². The van der Waals surface area contributed by atoms with E-state index in [9.17, 15) is 0 Å². The molecule has 0 radical (unpaired) electrons. The Morgan fingerprint density at radius 1 is 1.14 bits per heavy atom. The number of halogens is 1. The Morgan fingerprint density at radius 3 is 2.43 bits per heavy atom.